The summed E-state index contributed by atoms with van der Waals surface area (Å²) in [4.78, 5) is 22.1. The fraction of sp³-hybridized carbons (Fsp3) is 0.500. The Labute approximate surface area is 123 Å². The van der Waals surface area contributed by atoms with Crippen molar-refractivity contribution >= 4 is 17.3 Å². The first-order valence-electron chi connectivity index (χ1n) is 6.81. The molecule has 1 rings (SSSR count). The third-order valence-corrected chi connectivity index (χ3v) is 2.88. The molecular formula is C14H21N3O4. The molecule has 0 saturated heterocycles. The van der Waals surface area contributed by atoms with Crippen LogP contribution in [0.4, 0.5) is 11.4 Å². The quantitative estimate of drug-likeness (QED) is 0.498. The third-order valence-electron chi connectivity index (χ3n) is 2.88. The summed E-state index contributed by atoms with van der Waals surface area (Å²) in [7, 11) is 0. The fourth-order valence-corrected chi connectivity index (χ4v) is 1.98. The highest BCUT2D eigenvalue weighted by Gasteiger charge is 2.15. The largest absolute Gasteiger partial charge is 0.394 e. The lowest BCUT2D eigenvalue weighted by Gasteiger charge is -2.18. The van der Waals surface area contributed by atoms with Gasteiger partial charge >= 0.3 is 0 Å². The molecule has 0 aliphatic carbocycles. The van der Waals surface area contributed by atoms with Gasteiger partial charge in [0, 0.05) is 6.07 Å². The first-order chi connectivity index (χ1) is 9.93. The van der Waals surface area contributed by atoms with Crippen LogP contribution in [0.15, 0.2) is 24.3 Å². The molecule has 0 aromatic heterocycles. The van der Waals surface area contributed by atoms with Gasteiger partial charge in [-0.05, 0) is 18.4 Å². The highest BCUT2D eigenvalue weighted by atomic mass is 16.6. The van der Waals surface area contributed by atoms with Crippen LogP contribution in [0.3, 0.4) is 0 Å². The Bertz CT molecular complexity index is 491. The average molecular weight is 295 g/mol. The predicted octanol–water partition coefficient (Wildman–Crippen LogP) is 1.53. The summed E-state index contributed by atoms with van der Waals surface area (Å²) in [5.74, 6) is 0.0403. The van der Waals surface area contributed by atoms with Crippen molar-refractivity contribution in [2.75, 3.05) is 18.5 Å². The van der Waals surface area contributed by atoms with Crippen LogP contribution in [0.5, 0.6) is 0 Å². The number of aliphatic hydroxyl groups excluding tert-OH is 1. The Morgan fingerprint density at radius 2 is 2.05 bits per heavy atom. The van der Waals surface area contributed by atoms with Crippen LogP contribution in [-0.4, -0.2) is 35.1 Å². The van der Waals surface area contributed by atoms with Gasteiger partial charge in [0.15, 0.2) is 0 Å². The molecule has 1 amide bonds. The van der Waals surface area contributed by atoms with Crippen LogP contribution in [0.25, 0.3) is 0 Å². The molecule has 7 heteroatoms. The van der Waals surface area contributed by atoms with E-state index in [0.717, 1.165) is 0 Å². The van der Waals surface area contributed by atoms with Crippen molar-refractivity contribution in [3.63, 3.8) is 0 Å². The number of hydrogen-bond donors (Lipinski definition) is 3. The molecule has 3 N–H and O–H groups in total. The number of carbonyl (C=O) groups excluding carboxylic acids is 1. The summed E-state index contributed by atoms with van der Waals surface area (Å²) in [6.07, 6.45) is 0.674. The van der Waals surface area contributed by atoms with Crippen LogP contribution in [0, 0.1) is 16.0 Å². The lowest BCUT2D eigenvalue weighted by Crippen LogP contribution is -2.41. The topological polar surface area (TPSA) is 104 Å². The van der Waals surface area contributed by atoms with Crippen molar-refractivity contribution < 1.29 is 14.8 Å². The molecule has 0 aliphatic heterocycles. The Hall–Kier alpha value is -2.15. The van der Waals surface area contributed by atoms with E-state index in [1.54, 1.807) is 18.2 Å². The highest BCUT2D eigenvalue weighted by Crippen LogP contribution is 2.22. The summed E-state index contributed by atoms with van der Waals surface area (Å²) in [5.41, 5.74) is 0.216. The van der Waals surface area contributed by atoms with Crippen molar-refractivity contribution in [1.82, 2.24) is 5.32 Å². The molecule has 1 aromatic rings. The SMILES string of the molecule is CC(C)CC(CO)NC(=O)CNc1ccccc1[N+](=O)[O-]. The number of nitro groups is 1. The first kappa shape index (κ1) is 16.9. The van der Waals surface area contributed by atoms with Crippen LogP contribution in [0.2, 0.25) is 0 Å². The van der Waals surface area contributed by atoms with E-state index in [0.29, 0.717) is 18.0 Å². The summed E-state index contributed by atoms with van der Waals surface area (Å²) >= 11 is 0. The zero-order valence-electron chi connectivity index (χ0n) is 12.2. The number of anilines is 1. The van der Waals surface area contributed by atoms with E-state index in [2.05, 4.69) is 10.6 Å². The summed E-state index contributed by atoms with van der Waals surface area (Å²) in [6.45, 7) is 3.79. The van der Waals surface area contributed by atoms with Crippen LogP contribution in [0.1, 0.15) is 20.3 Å². The van der Waals surface area contributed by atoms with E-state index >= 15 is 0 Å². The van der Waals surface area contributed by atoms with E-state index in [4.69, 9.17) is 0 Å². The minimum absolute atomic E-state index is 0.0776. The molecule has 1 atom stereocenters. The van der Waals surface area contributed by atoms with Crippen molar-refractivity contribution in [2.24, 2.45) is 5.92 Å². The number of nitro benzene ring substituents is 1. The molecule has 0 radical (unpaired) electrons. The molecule has 0 bridgehead atoms. The molecule has 0 saturated carbocycles. The first-order valence-corrected chi connectivity index (χ1v) is 6.81. The zero-order chi connectivity index (χ0) is 15.8. The Kier molecular flexibility index (Phi) is 6.61. The molecule has 0 aliphatic rings. The van der Waals surface area contributed by atoms with Gasteiger partial charge in [0.2, 0.25) is 5.91 Å². The predicted molar refractivity (Wildman–Crippen MR) is 80.1 cm³/mol. The number of amides is 1. The van der Waals surface area contributed by atoms with Gasteiger partial charge in [-0.1, -0.05) is 26.0 Å². The Balaban J connectivity index is 2.55. The number of carbonyl (C=O) groups is 1. The van der Waals surface area contributed by atoms with Crippen molar-refractivity contribution in [3.8, 4) is 0 Å². The van der Waals surface area contributed by atoms with Gasteiger partial charge in [0.05, 0.1) is 24.1 Å². The van der Waals surface area contributed by atoms with Gasteiger partial charge in [0.25, 0.3) is 5.69 Å². The zero-order valence-corrected chi connectivity index (χ0v) is 12.2. The summed E-state index contributed by atoms with van der Waals surface area (Å²) < 4.78 is 0. The summed E-state index contributed by atoms with van der Waals surface area (Å²) in [5, 5.41) is 25.5. The van der Waals surface area contributed by atoms with Crippen LogP contribution < -0.4 is 10.6 Å². The van der Waals surface area contributed by atoms with Gasteiger partial charge in [-0.2, -0.15) is 0 Å². The van der Waals surface area contributed by atoms with E-state index in [-0.39, 0.29) is 30.8 Å². The monoisotopic (exact) mass is 295 g/mol. The number of nitrogens with zero attached hydrogens (tertiary/aromatic N) is 1. The van der Waals surface area contributed by atoms with Gasteiger partial charge in [0.1, 0.15) is 5.69 Å². The molecule has 21 heavy (non-hydrogen) atoms. The lowest BCUT2D eigenvalue weighted by atomic mass is 10.0. The second-order valence-electron chi connectivity index (χ2n) is 5.20. The second kappa shape index (κ2) is 8.21. The van der Waals surface area contributed by atoms with E-state index in [1.165, 1.54) is 6.07 Å². The maximum Gasteiger partial charge on any atom is 0.292 e. The van der Waals surface area contributed by atoms with Gasteiger partial charge in [-0.25, -0.2) is 0 Å². The molecule has 0 heterocycles. The second-order valence-corrected chi connectivity index (χ2v) is 5.20. The standard InChI is InChI=1S/C14H21N3O4/c1-10(2)7-11(9-18)16-14(19)8-15-12-5-3-4-6-13(12)17(20)21/h3-6,10-11,15,18H,7-9H2,1-2H3,(H,16,19). The van der Waals surface area contributed by atoms with E-state index in [1.807, 2.05) is 13.8 Å². The minimum Gasteiger partial charge on any atom is -0.394 e. The minimum atomic E-state index is -0.504. The van der Waals surface area contributed by atoms with Crippen molar-refractivity contribution in [1.29, 1.82) is 0 Å². The number of benzene rings is 1. The molecule has 1 unspecified atom stereocenters. The van der Waals surface area contributed by atoms with Gasteiger partial charge in [-0.3, -0.25) is 14.9 Å². The van der Waals surface area contributed by atoms with E-state index in [9.17, 15) is 20.0 Å². The molecule has 0 spiro atoms. The number of rotatable bonds is 8. The number of para-hydroxylation sites is 2. The third kappa shape index (κ3) is 5.78. The summed E-state index contributed by atoms with van der Waals surface area (Å²) in [6, 6.07) is 5.83. The van der Waals surface area contributed by atoms with Gasteiger partial charge in [-0.15, -0.1) is 0 Å². The molecule has 0 fully saturated rings. The Morgan fingerprint density at radius 1 is 1.38 bits per heavy atom. The van der Waals surface area contributed by atoms with Gasteiger partial charge < -0.3 is 15.7 Å². The normalized spacial score (nSPS) is 12.0. The van der Waals surface area contributed by atoms with Crippen molar-refractivity contribution in [2.45, 2.75) is 26.3 Å². The number of nitrogens with one attached hydrogen (secondary N) is 2. The number of aliphatic hydroxyl groups is 1. The van der Waals surface area contributed by atoms with Crippen LogP contribution in [-0.2, 0) is 4.79 Å². The molecule has 1 aromatic carbocycles. The maximum absolute atomic E-state index is 11.8. The molecule has 116 valence electrons. The molecule has 7 nitrogen and oxygen atoms in total. The smallest absolute Gasteiger partial charge is 0.292 e. The van der Waals surface area contributed by atoms with Crippen LogP contribution >= 0.6 is 0 Å². The Morgan fingerprint density at radius 3 is 2.62 bits per heavy atom. The maximum atomic E-state index is 11.8. The average Bonchev–Trinajstić information content (AvgIpc) is 2.44. The fourth-order valence-electron chi connectivity index (χ4n) is 1.98. The number of hydrogen-bond acceptors (Lipinski definition) is 5. The van der Waals surface area contributed by atoms with Crippen molar-refractivity contribution in [3.05, 3.63) is 34.4 Å². The highest BCUT2D eigenvalue weighted by molar-refractivity contribution is 5.81. The lowest BCUT2D eigenvalue weighted by molar-refractivity contribution is -0.383. The molecular weight excluding hydrogens is 274 g/mol. The van der Waals surface area contributed by atoms with E-state index < -0.39 is 4.92 Å².